The summed E-state index contributed by atoms with van der Waals surface area (Å²) in [6.45, 7) is 1.89. The Labute approximate surface area is 121 Å². The molecule has 0 aliphatic heterocycles. The van der Waals surface area contributed by atoms with Gasteiger partial charge in [0.05, 0.1) is 16.5 Å². The van der Waals surface area contributed by atoms with Crippen molar-refractivity contribution in [3.05, 3.63) is 57.7 Å². The summed E-state index contributed by atoms with van der Waals surface area (Å²) in [5, 5.41) is 3.69. The van der Waals surface area contributed by atoms with E-state index in [2.05, 4.69) is 10.3 Å². The molecule has 0 saturated heterocycles. The third kappa shape index (κ3) is 3.69. The molecular weight excluding hydrogens is 283 g/mol. The highest BCUT2D eigenvalue weighted by Crippen LogP contribution is 2.23. The number of aryl methyl sites for hydroxylation is 1. The molecule has 0 unspecified atom stereocenters. The van der Waals surface area contributed by atoms with Crippen molar-refractivity contribution in [2.75, 3.05) is 5.32 Å². The van der Waals surface area contributed by atoms with Gasteiger partial charge in [0.15, 0.2) is 0 Å². The second-order valence-corrected chi connectivity index (χ2v) is 4.96. The van der Waals surface area contributed by atoms with Crippen molar-refractivity contribution in [1.82, 2.24) is 4.98 Å². The molecule has 1 aromatic heterocycles. The first-order chi connectivity index (χ1) is 9.06. The van der Waals surface area contributed by atoms with Crippen LogP contribution in [0.4, 0.5) is 5.82 Å². The Kier molecular flexibility index (Phi) is 4.40. The van der Waals surface area contributed by atoms with E-state index in [0.29, 0.717) is 15.9 Å². The molecule has 0 bridgehead atoms. The first-order valence-corrected chi connectivity index (χ1v) is 6.47. The molecule has 0 fully saturated rings. The van der Waals surface area contributed by atoms with Crippen molar-refractivity contribution >= 4 is 34.9 Å². The lowest BCUT2D eigenvalue weighted by atomic mass is 10.1. The number of nitrogens with one attached hydrogen (secondary N) is 1. The van der Waals surface area contributed by atoms with Crippen molar-refractivity contribution in [2.45, 2.75) is 13.3 Å². The van der Waals surface area contributed by atoms with Crippen molar-refractivity contribution in [1.29, 1.82) is 0 Å². The summed E-state index contributed by atoms with van der Waals surface area (Å²) >= 11 is 11.7. The highest BCUT2D eigenvalue weighted by atomic mass is 35.5. The molecule has 0 spiro atoms. The maximum atomic E-state index is 11.9. The van der Waals surface area contributed by atoms with Crippen LogP contribution in [0.5, 0.6) is 0 Å². The first kappa shape index (κ1) is 13.8. The zero-order valence-corrected chi connectivity index (χ0v) is 11.8. The predicted octanol–water partition coefficient (Wildman–Crippen LogP) is 3.88. The van der Waals surface area contributed by atoms with Gasteiger partial charge >= 0.3 is 0 Å². The monoisotopic (exact) mass is 294 g/mol. The molecule has 2 rings (SSSR count). The number of carbonyl (C=O) groups excluding carboxylic acids is 1. The van der Waals surface area contributed by atoms with E-state index in [0.717, 1.165) is 11.1 Å². The second kappa shape index (κ2) is 6.04. The lowest BCUT2D eigenvalue weighted by Crippen LogP contribution is -2.16. The van der Waals surface area contributed by atoms with Gasteiger partial charge in [-0.3, -0.25) is 4.79 Å². The fraction of sp³-hybridized carbons (Fsp3) is 0.143. The van der Waals surface area contributed by atoms with Crippen molar-refractivity contribution in [3.8, 4) is 0 Å². The van der Waals surface area contributed by atoms with E-state index in [4.69, 9.17) is 23.2 Å². The Morgan fingerprint density at radius 3 is 2.74 bits per heavy atom. The molecule has 0 aliphatic carbocycles. The average Bonchev–Trinajstić information content (AvgIpc) is 2.37. The Morgan fingerprint density at radius 1 is 1.26 bits per heavy atom. The minimum atomic E-state index is -0.139. The minimum absolute atomic E-state index is 0.139. The summed E-state index contributed by atoms with van der Waals surface area (Å²) < 4.78 is 0. The number of benzene rings is 1. The molecule has 5 heteroatoms. The van der Waals surface area contributed by atoms with Gasteiger partial charge < -0.3 is 5.32 Å². The predicted molar refractivity (Wildman–Crippen MR) is 77.8 cm³/mol. The number of amides is 1. The van der Waals surface area contributed by atoms with Gasteiger partial charge in [-0.1, -0.05) is 35.3 Å². The van der Waals surface area contributed by atoms with Crippen LogP contribution in [0.25, 0.3) is 0 Å². The van der Waals surface area contributed by atoms with Gasteiger partial charge in [0.25, 0.3) is 0 Å². The van der Waals surface area contributed by atoms with Gasteiger partial charge in [-0.15, -0.1) is 0 Å². The quantitative estimate of drug-likeness (QED) is 0.933. The smallest absolute Gasteiger partial charge is 0.229 e. The second-order valence-electron chi connectivity index (χ2n) is 4.14. The molecule has 0 saturated carbocycles. The highest BCUT2D eigenvalue weighted by Gasteiger charge is 2.08. The molecule has 19 heavy (non-hydrogen) atoms. The van der Waals surface area contributed by atoms with E-state index in [9.17, 15) is 4.79 Å². The molecular formula is C14H12Cl2N2O. The van der Waals surface area contributed by atoms with Crippen LogP contribution in [0, 0.1) is 6.92 Å². The van der Waals surface area contributed by atoms with Gasteiger partial charge in [0.1, 0.15) is 5.82 Å². The topological polar surface area (TPSA) is 42.0 Å². The standard InChI is InChI=1S/C14H12Cl2N2O/c1-9-3-2-6-17-14(9)18-13(19)8-10-4-5-11(15)12(16)7-10/h2-7H,8H2,1H3,(H,17,18,19). The number of nitrogens with zero attached hydrogens (tertiary/aromatic N) is 1. The van der Waals surface area contributed by atoms with E-state index in [-0.39, 0.29) is 12.3 Å². The summed E-state index contributed by atoms with van der Waals surface area (Å²) in [6, 6.07) is 8.86. The highest BCUT2D eigenvalue weighted by molar-refractivity contribution is 6.42. The van der Waals surface area contributed by atoms with Crippen LogP contribution in [0.2, 0.25) is 10.0 Å². The fourth-order valence-corrected chi connectivity index (χ4v) is 1.95. The molecule has 1 amide bonds. The van der Waals surface area contributed by atoms with Crippen LogP contribution >= 0.6 is 23.2 Å². The SMILES string of the molecule is Cc1cccnc1NC(=O)Cc1ccc(Cl)c(Cl)c1. The van der Waals surface area contributed by atoms with Gasteiger partial charge in [-0.05, 0) is 36.2 Å². The minimum Gasteiger partial charge on any atom is -0.310 e. The lowest BCUT2D eigenvalue weighted by molar-refractivity contribution is -0.115. The van der Waals surface area contributed by atoms with Gasteiger partial charge in [0, 0.05) is 6.20 Å². The third-order valence-electron chi connectivity index (χ3n) is 2.62. The van der Waals surface area contributed by atoms with Crippen LogP contribution in [0.15, 0.2) is 36.5 Å². The summed E-state index contributed by atoms with van der Waals surface area (Å²) in [4.78, 5) is 16.0. The summed E-state index contributed by atoms with van der Waals surface area (Å²) in [7, 11) is 0. The van der Waals surface area contributed by atoms with Crippen LogP contribution < -0.4 is 5.32 Å². The van der Waals surface area contributed by atoms with Gasteiger partial charge in [0.2, 0.25) is 5.91 Å². The normalized spacial score (nSPS) is 10.3. The Bertz CT molecular complexity index is 614. The van der Waals surface area contributed by atoms with Gasteiger partial charge in [-0.25, -0.2) is 4.98 Å². The summed E-state index contributed by atoms with van der Waals surface area (Å²) in [6.07, 6.45) is 1.87. The fourth-order valence-electron chi connectivity index (χ4n) is 1.63. The van der Waals surface area contributed by atoms with E-state index in [1.54, 1.807) is 24.4 Å². The zero-order chi connectivity index (χ0) is 13.8. The number of rotatable bonds is 3. The van der Waals surface area contributed by atoms with Crippen LogP contribution in [0.3, 0.4) is 0 Å². The molecule has 98 valence electrons. The number of hydrogen-bond donors (Lipinski definition) is 1. The lowest BCUT2D eigenvalue weighted by Gasteiger charge is -2.07. The summed E-state index contributed by atoms with van der Waals surface area (Å²) in [5.74, 6) is 0.438. The maximum Gasteiger partial charge on any atom is 0.229 e. The molecule has 2 aromatic rings. The number of aromatic nitrogens is 1. The molecule has 1 heterocycles. The third-order valence-corrected chi connectivity index (χ3v) is 3.35. The van der Waals surface area contributed by atoms with E-state index in [1.165, 1.54) is 0 Å². The largest absolute Gasteiger partial charge is 0.310 e. The number of carbonyl (C=O) groups is 1. The molecule has 1 N–H and O–H groups in total. The van der Waals surface area contributed by atoms with Crippen LogP contribution in [-0.2, 0) is 11.2 Å². The van der Waals surface area contributed by atoms with Crippen molar-refractivity contribution in [2.24, 2.45) is 0 Å². The molecule has 0 radical (unpaired) electrons. The zero-order valence-electron chi connectivity index (χ0n) is 10.3. The molecule has 0 aliphatic rings. The molecule has 0 atom stereocenters. The van der Waals surface area contributed by atoms with Gasteiger partial charge in [-0.2, -0.15) is 0 Å². The van der Waals surface area contributed by atoms with E-state index >= 15 is 0 Å². The maximum absolute atomic E-state index is 11.9. The van der Waals surface area contributed by atoms with Crippen LogP contribution in [0.1, 0.15) is 11.1 Å². The van der Waals surface area contributed by atoms with Crippen LogP contribution in [-0.4, -0.2) is 10.9 Å². The number of halogens is 2. The summed E-state index contributed by atoms with van der Waals surface area (Å²) in [5.41, 5.74) is 1.73. The number of hydrogen-bond acceptors (Lipinski definition) is 2. The Balaban J connectivity index is 2.05. The molecule has 3 nitrogen and oxygen atoms in total. The van der Waals surface area contributed by atoms with Crippen molar-refractivity contribution < 1.29 is 4.79 Å². The first-order valence-electron chi connectivity index (χ1n) is 5.71. The number of anilines is 1. The van der Waals surface area contributed by atoms with E-state index in [1.807, 2.05) is 19.1 Å². The Hall–Kier alpha value is -1.58. The van der Waals surface area contributed by atoms with E-state index < -0.39 is 0 Å². The van der Waals surface area contributed by atoms with Crippen molar-refractivity contribution in [3.63, 3.8) is 0 Å². The molecule has 1 aromatic carbocycles. The Morgan fingerprint density at radius 2 is 2.05 bits per heavy atom. The average molecular weight is 295 g/mol. The number of pyridine rings is 1.